The maximum absolute atomic E-state index is 5.27. The molecule has 5 nitrogen and oxygen atoms in total. The molecule has 2 aromatic heterocycles. The summed E-state index contributed by atoms with van der Waals surface area (Å²) in [6.07, 6.45) is 6.07. The summed E-state index contributed by atoms with van der Waals surface area (Å²) in [5, 5.41) is 4.09. The Morgan fingerprint density at radius 3 is 3.14 bits per heavy atom. The molecule has 1 fully saturated rings. The number of rotatable bonds is 6. The van der Waals surface area contributed by atoms with Gasteiger partial charge in [-0.05, 0) is 31.4 Å². The smallest absolute Gasteiger partial charge is 0.182 e. The van der Waals surface area contributed by atoms with Gasteiger partial charge >= 0.3 is 0 Å². The van der Waals surface area contributed by atoms with E-state index in [0.29, 0.717) is 5.92 Å². The van der Waals surface area contributed by atoms with Crippen LogP contribution in [0, 0.1) is 5.92 Å². The van der Waals surface area contributed by atoms with Crippen LogP contribution < -0.4 is 10.1 Å². The molecule has 0 bridgehead atoms. The van der Waals surface area contributed by atoms with Crippen molar-refractivity contribution in [3.8, 4) is 5.75 Å². The molecule has 1 N–H and O–H groups in total. The Morgan fingerprint density at radius 2 is 2.36 bits per heavy atom. The number of thiazole rings is 1. The molecule has 0 saturated carbocycles. The van der Waals surface area contributed by atoms with Crippen LogP contribution in [0.15, 0.2) is 24.5 Å². The van der Waals surface area contributed by atoms with Crippen molar-refractivity contribution in [1.82, 2.24) is 14.9 Å². The van der Waals surface area contributed by atoms with Gasteiger partial charge in [-0.3, -0.25) is 9.88 Å². The number of pyridine rings is 1. The van der Waals surface area contributed by atoms with Crippen molar-refractivity contribution in [2.45, 2.75) is 19.4 Å². The third-order valence-corrected chi connectivity index (χ3v) is 5.04. The lowest BCUT2D eigenvalue weighted by Crippen LogP contribution is -2.20. The number of likely N-dealkylation sites (tertiary alicyclic amines) is 1. The molecule has 6 heteroatoms. The van der Waals surface area contributed by atoms with Crippen LogP contribution in [0.4, 0.5) is 5.13 Å². The minimum Gasteiger partial charge on any atom is -0.497 e. The summed E-state index contributed by atoms with van der Waals surface area (Å²) in [4.78, 5) is 12.6. The second kappa shape index (κ2) is 7.07. The normalized spacial score (nSPS) is 18.5. The van der Waals surface area contributed by atoms with E-state index in [-0.39, 0.29) is 0 Å². The quantitative estimate of drug-likeness (QED) is 0.887. The summed E-state index contributed by atoms with van der Waals surface area (Å²) < 4.78 is 5.27. The first-order chi connectivity index (χ1) is 10.8. The average Bonchev–Trinajstić information content (AvgIpc) is 3.17. The molecule has 0 spiro atoms. The second-order valence-corrected chi connectivity index (χ2v) is 6.78. The molecule has 1 saturated heterocycles. The first-order valence-corrected chi connectivity index (χ1v) is 8.42. The fourth-order valence-electron chi connectivity index (χ4n) is 2.93. The third-order valence-electron chi connectivity index (χ3n) is 4.04. The van der Waals surface area contributed by atoms with Gasteiger partial charge < -0.3 is 10.1 Å². The van der Waals surface area contributed by atoms with E-state index < -0.39 is 0 Å². The highest BCUT2D eigenvalue weighted by atomic mass is 32.1. The topological polar surface area (TPSA) is 50.3 Å². The van der Waals surface area contributed by atoms with E-state index >= 15 is 0 Å². The van der Waals surface area contributed by atoms with Gasteiger partial charge in [-0.1, -0.05) is 0 Å². The Kier molecular flexibility index (Phi) is 4.90. The van der Waals surface area contributed by atoms with Crippen LogP contribution >= 0.6 is 11.3 Å². The molecular formula is C16H22N4OS. The van der Waals surface area contributed by atoms with Crippen molar-refractivity contribution < 1.29 is 4.74 Å². The van der Waals surface area contributed by atoms with Crippen LogP contribution in [0.2, 0.25) is 0 Å². The zero-order valence-corrected chi connectivity index (χ0v) is 13.9. The van der Waals surface area contributed by atoms with E-state index in [9.17, 15) is 0 Å². The zero-order valence-electron chi connectivity index (χ0n) is 13.1. The molecule has 3 rings (SSSR count). The van der Waals surface area contributed by atoms with Gasteiger partial charge in [-0.2, -0.15) is 0 Å². The summed E-state index contributed by atoms with van der Waals surface area (Å²) in [5.74, 6) is 1.57. The second-order valence-electron chi connectivity index (χ2n) is 5.66. The fraction of sp³-hybridized carbons (Fsp3) is 0.500. The van der Waals surface area contributed by atoms with Crippen LogP contribution in [0.1, 0.15) is 17.0 Å². The molecular weight excluding hydrogens is 296 g/mol. The fourth-order valence-corrected chi connectivity index (χ4v) is 3.74. The predicted octanol–water partition coefficient (Wildman–Crippen LogP) is 2.65. The standard InChI is InChI=1S/C16H22N4OS/c1-17-16-19-9-15(22-16)11-20-6-4-12(10-20)7-13-8-14(21-2)3-5-18-13/h3,5,8-9,12H,4,6-7,10-11H2,1-2H3,(H,17,19). The minimum atomic E-state index is 0.677. The SMILES string of the molecule is CNc1ncc(CN2CCC(Cc3cc(OC)ccn3)C2)s1. The summed E-state index contributed by atoms with van der Waals surface area (Å²) >= 11 is 1.74. The molecule has 3 heterocycles. The lowest BCUT2D eigenvalue weighted by atomic mass is 10.0. The first-order valence-electron chi connectivity index (χ1n) is 7.60. The number of hydrogen-bond acceptors (Lipinski definition) is 6. The molecule has 0 radical (unpaired) electrons. The Morgan fingerprint density at radius 1 is 1.45 bits per heavy atom. The summed E-state index contributed by atoms with van der Waals surface area (Å²) in [6, 6.07) is 3.94. The molecule has 1 aliphatic heterocycles. The maximum Gasteiger partial charge on any atom is 0.182 e. The van der Waals surface area contributed by atoms with Crippen LogP contribution in [0.5, 0.6) is 5.75 Å². The minimum absolute atomic E-state index is 0.677. The summed E-state index contributed by atoms with van der Waals surface area (Å²) in [7, 11) is 3.61. The lowest BCUT2D eigenvalue weighted by Gasteiger charge is -2.14. The van der Waals surface area contributed by atoms with Gasteiger partial charge in [0.05, 0.1) is 7.11 Å². The van der Waals surface area contributed by atoms with E-state index in [1.165, 1.54) is 11.3 Å². The molecule has 0 aliphatic carbocycles. The van der Waals surface area contributed by atoms with Crippen molar-refractivity contribution in [3.63, 3.8) is 0 Å². The average molecular weight is 318 g/mol. The van der Waals surface area contributed by atoms with E-state index in [4.69, 9.17) is 4.74 Å². The lowest BCUT2D eigenvalue weighted by molar-refractivity contribution is 0.318. The molecule has 0 aromatic carbocycles. The molecule has 1 atom stereocenters. The zero-order chi connectivity index (χ0) is 15.4. The van der Waals surface area contributed by atoms with Crippen LogP contribution in [0.3, 0.4) is 0 Å². The molecule has 22 heavy (non-hydrogen) atoms. The van der Waals surface area contributed by atoms with E-state index in [1.54, 1.807) is 18.4 Å². The van der Waals surface area contributed by atoms with Gasteiger partial charge in [-0.25, -0.2) is 4.98 Å². The highest BCUT2D eigenvalue weighted by molar-refractivity contribution is 7.15. The van der Waals surface area contributed by atoms with Gasteiger partial charge in [0.15, 0.2) is 5.13 Å². The van der Waals surface area contributed by atoms with Crippen molar-refractivity contribution >= 4 is 16.5 Å². The molecule has 1 aliphatic rings. The summed E-state index contributed by atoms with van der Waals surface area (Å²) in [5.41, 5.74) is 1.13. The van der Waals surface area contributed by atoms with Gasteiger partial charge in [0.1, 0.15) is 5.75 Å². The highest BCUT2D eigenvalue weighted by Gasteiger charge is 2.23. The van der Waals surface area contributed by atoms with Gasteiger partial charge in [0.2, 0.25) is 0 Å². The van der Waals surface area contributed by atoms with Crippen LogP contribution in [-0.4, -0.2) is 42.1 Å². The number of nitrogens with zero attached hydrogens (tertiary/aromatic N) is 3. The molecule has 118 valence electrons. The van der Waals surface area contributed by atoms with Crippen molar-refractivity contribution in [1.29, 1.82) is 0 Å². The molecule has 2 aromatic rings. The Labute approximate surface area is 135 Å². The van der Waals surface area contributed by atoms with E-state index in [0.717, 1.165) is 42.6 Å². The van der Waals surface area contributed by atoms with Gasteiger partial charge in [0.25, 0.3) is 0 Å². The maximum atomic E-state index is 5.27. The van der Waals surface area contributed by atoms with Crippen molar-refractivity contribution in [2.75, 3.05) is 32.6 Å². The Hall–Kier alpha value is -1.66. The number of aromatic nitrogens is 2. The monoisotopic (exact) mass is 318 g/mol. The van der Waals surface area contributed by atoms with Crippen molar-refractivity contribution in [3.05, 3.63) is 35.1 Å². The number of ether oxygens (including phenoxy) is 1. The van der Waals surface area contributed by atoms with E-state index in [2.05, 4.69) is 20.2 Å². The number of methoxy groups -OCH3 is 1. The van der Waals surface area contributed by atoms with Crippen LogP contribution in [0.25, 0.3) is 0 Å². The molecule has 1 unspecified atom stereocenters. The number of nitrogens with one attached hydrogen (secondary N) is 1. The number of anilines is 1. The van der Waals surface area contributed by atoms with Crippen molar-refractivity contribution in [2.24, 2.45) is 5.92 Å². The largest absolute Gasteiger partial charge is 0.497 e. The van der Waals surface area contributed by atoms with Gasteiger partial charge in [-0.15, -0.1) is 11.3 Å². The third kappa shape index (κ3) is 3.75. The summed E-state index contributed by atoms with van der Waals surface area (Å²) in [6.45, 7) is 3.29. The molecule has 0 amide bonds. The highest BCUT2D eigenvalue weighted by Crippen LogP contribution is 2.25. The first kappa shape index (κ1) is 15.2. The predicted molar refractivity (Wildman–Crippen MR) is 89.5 cm³/mol. The Balaban J connectivity index is 1.53. The Bertz CT molecular complexity index is 616. The number of hydrogen-bond donors (Lipinski definition) is 1. The van der Waals surface area contributed by atoms with Gasteiger partial charge in [0, 0.05) is 49.2 Å². The van der Waals surface area contributed by atoms with E-state index in [1.807, 2.05) is 31.6 Å². The van der Waals surface area contributed by atoms with Crippen LogP contribution in [-0.2, 0) is 13.0 Å².